The van der Waals surface area contributed by atoms with Gasteiger partial charge in [0.25, 0.3) is 0 Å². The summed E-state index contributed by atoms with van der Waals surface area (Å²) < 4.78 is 0. The first kappa shape index (κ1) is 21.2. The lowest BCUT2D eigenvalue weighted by atomic mass is 10.0. The summed E-state index contributed by atoms with van der Waals surface area (Å²) in [4.78, 5) is 30.5. The van der Waals surface area contributed by atoms with Gasteiger partial charge in [-0.3, -0.25) is 9.78 Å². The van der Waals surface area contributed by atoms with E-state index in [0.29, 0.717) is 12.2 Å². The topological polar surface area (TPSA) is 98.8 Å². The first-order valence-corrected chi connectivity index (χ1v) is 10.2. The molecule has 0 unspecified atom stereocenters. The molecule has 0 fully saturated rings. The Kier molecular flexibility index (Phi) is 6.23. The maximum Gasteiger partial charge on any atom is 0.248 e. The van der Waals surface area contributed by atoms with E-state index in [0.717, 1.165) is 39.1 Å². The van der Waals surface area contributed by atoms with Gasteiger partial charge in [0.05, 0.1) is 11.9 Å². The third kappa shape index (κ3) is 4.81. The number of carbonyl (C=O) groups is 1. The molecule has 1 amide bonds. The fourth-order valence-corrected chi connectivity index (χ4v) is 3.36. The molecule has 4 rings (SSSR count). The number of aromatic amines is 1. The Balaban J connectivity index is 1.62. The van der Waals surface area contributed by atoms with Crippen molar-refractivity contribution < 1.29 is 4.79 Å². The number of anilines is 2. The number of H-pyrrole nitrogens is 1. The normalized spacial score (nSPS) is 11.4. The molecule has 0 saturated carbocycles. The Morgan fingerprint density at radius 3 is 2.75 bits per heavy atom. The van der Waals surface area contributed by atoms with E-state index in [1.807, 2.05) is 56.5 Å². The van der Waals surface area contributed by atoms with E-state index >= 15 is 0 Å². The largest absolute Gasteiger partial charge is 0.373 e. The van der Waals surface area contributed by atoms with E-state index in [2.05, 4.69) is 36.6 Å². The molecule has 0 spiro atoms. The minimum absolute atomic E-state index is 0.190. The molecule has 162 valence electrons. The molecule has 0 radical (unpaired) electrons. The number of aromatic nitrogens is 4. The molecule has 0 aliphatic rings. The molecule has 3 N–H and O–H groups in total. The van der Waals surface area contributed by atoms with Crippen LogP contribution >= 0.6 is 0 Å². The highest BCUT2D eigenvalue weighted by molar-refractivity contribution is 6.00. The van der Waals surface area contributed by atoms with Crippen LogP contribution in [0.25, 0.3) is 33.3 Å². The van der Waals surface area contributed by atoms with Crippen molar-refractivity contribution in [3.8, 4) is 22.3 Å². The minimum atomic E-state index is -0.190. The zero-order valence-electron chi connectivity index (χ0n) is 18.3. The van der Waals surface area contributed by atoms with E-state index in [1.165, 1.54) is 6.08 Å². The summed E-state index contributed by atoms with van der Waals surface area (Å²) in [7, 11) is 5.74. The minimum Gasteiger partial charge on any atom is -0.373 e. The van der Waals surface area contributed by atoms with Gasteiger partial charge in [-0.25, -0.2) is 9.97 Å². The summed E-state index contributed by atoms with van der Waals surface area (Å²) in [6, 6.07) is 7.94. The standard InChI is InChI=1S/C24H25N7O/c1-25-22-11-16(6-7-27-22)21-15-29-24-20(21)10-18(13-28-24)17-9-19(14-26-12-17)30-23(32)5-4-8-31(2)3/h4-7,9-15H,8H2,1-3H3,(H,25,27)(H,28,29)(H,30,32). The van der Waals surface area contributed by atoms with Crippen LogP contribution in [0, 0.1) is 0 Å². The molecule has 4 aromatic heterocycles. The summed E-state index contributed by atoms with van der Waals surface area (Å²) >= 11 is 0. The molecule has 0 bridgehead atoms. The summed E-state index contributed by atoms with van der Waals surface area (Å²) in [6.45, 7) is 0.698. The third-order valence-corrected chi connectivity index (χ3v) is 4.94. The van der Waals surface area contributed by atoms with E-state index in [1.54, 1.807) is 24.8 Å². The zero-order chi connectivity index (χ0) is 22.5. The van der Waals surface area contributed by atoms with Gasteiger partial charge in [0.2, 0.25) is 5.91 Å². The highest BCUT2D eigenvalue weighted by Gasteiger charge is 2.11. The van der Waals surface area contributed by atoms with E-state index in [4.69, 9.17) is 0 Å². The van der Waals surface area contributed by atoms with Gasteiger partial charge in [-0.15, -0.1) is 0 Å². The lowest BCUT2D eigenvalue weighted by Gasteiger charge is -2.07. The van der Waals surface area contributed by atoms with Crippen molar-refractivity contribution in [2.24, 2.45) is 0 Å². The van der Waals surface area contributed by atoms with Crippen LogP contribution in [0.3, 0.4) is 0 Å². The average Bonchev–Trinajstić information content (AvgIpc) is 3.22. The van der Waals surface area contributed by atoms with Crippen LogP contribution < -0.4 is 10.6 Å². The van der Waals surface area contributed by atoms with Gasteiger partial charge in [0, 0.05) is 66.5 Å². The van der Waals surface area contributed by atoms with E-state index in [-0.39, 0.29) is 5.91 Å². The van der Waals surface area contributed by atoms with E-state index in [9.17, 15) is 4.79 Å². The van der Waals surface area contributed by atoms with Crippen LogP contribution in [0.5, 0.6) is 0 Å². The number of likely N-dealkylation sites (N-methyl/N-ethyl adjacent to an activating group) is 1. The third-order valence-electron chi connectivity index (χ3n) is 4.94. The summed E-state index contributed by atoms with van der Waals surface area (Å²) in [6.07, 6.45) is 12.3. The number of hydrogen-bond donors (Lipinski definition) is 3. The molecule has 0 aliphatic carbocycles. The van der Waals surface area contributed by atoms with Crippen molar-refractivity contribution in [3.05, 3.63) is 67.4 Å². The molecule has 0 atom stereocenters. The van der Waals surface area contributed by atoms with Crippen LogP contribution in [-0.2, 0) is 4.79 Å². The van der Waals surface area contributed by atoms with E-state index < -0.39 is 0 Å². The summed E-state index contributed by atoms with van der Waals surface area (Å²) in [5.74, 6) is 0.610. The Bertz CT molecular complexity index is 1280. The maximum absolute atomic E-state index is 12.2. The smallest absolute Gasteiger partial charge is 0.248 e. The number of pyridine rings is 3. The number of hydrogen-bond acceptors (Lipinski definition) is 6. The molecule has 0 aromatic carbocycles. The predicted molar refractivity (Wildman–Crippen MR) is 128 cm³/mol. The molecule has 0 aliphatic heterocycles. The first-order valence-electron chi connectivity index (χ1n) is 10.2. The second kappa shape index (κ2) is 9.40. The number of nitrogens with one attached hydrogen (secondary N) is 3. The van der Waals surface area contributed by atoms with Gasteiger partial charge >= 0.3 is 0 Å². The quantitative estimate of drug-likeness (QED) is 0.388. The number of amides is 1. The van der Waals surface area contributed by atoms with Crippen LogP contribution in [0.4, 0.5) is 11.5 Å². The van der Waals surface area contributed by atoms with Crippen molar-refractivity contribution in [2.45, 2.75) is 0 Å². The van der Waals surface area contributed by atoms with Gasteiger partial charge in [0.15, 0.2) is 0 Å². The monoisotopic (exact) mass is 427 g/mol. The molecule has 0 saturated heterocycles. The van der Waals surface area contributed by atoms with Crippen molar-refractivity contribution in [3.63, 3.8) is 0 Å². The average molecular weight is 428 g/mol. The molecular weight excluding hydrogens is 402 g/mol. The summed E-state index contributed by atoms with van der Waals surface area (Å²) in [5, 5.41) is 6.93. The summed E-state index contributed by atoms with van der Waals surface area (Å²) in [5.41, 5.74) is 5.29. The number of nitrogens with zero attached hydrogens (tertiary/aromatic N) is 4. The lowest BCUT2D eigenvalue weighted by molar-refractivity contribution is -0.111. The lowest BCUT2D eigenvalue weighted by Crippen LogP contribution is -2.13. The SMILES string of the molecule is CNc1cc(-c2c[nH]c3ncc(-c4cncc(NC(=O)C=CCN(C)C)c4)cc23)ccn1. The molecule has 4 aromatic rings. The van der Waals surface area contributed by atoms with Crippen molar-refractivity contribution in [1.29, 1.82) is 0 Å². The molecular formula is C24H25N7O. The van der Waals surface area contributed by atoms with Crippen molar-refractivity contribution in [2.75, 3.05) is 38.3 Å². The fourth-order valence-electron chi connectivity index (χ4n) is 3.36. The highest BCUT2D eigenvalue weighted by atomic mass is 16.1. The van der Waals surface area contributed by atoms with Gasteiger partial charge in [-0.05, 0) is 43.9 Å². The maximum atomic E-state index is 12.2. The zero-order valence-corrected chi connectivity index (χ0v) is 18.3. The van der Waals surface area contributed by atoms with Gasteiger partial charge < -0.3 is 20.5 Å². The molecule has 8 nitrogen and oxygen atoms in total. The molecule has 4 heterocycles. The Hall–Kier alpha value is -4.04. The van der Waals surface area contributed by atoms with Gasteiger partial charge in [-0.1, -0.05) is 6.08 Å². The van der Waals surface area contributed by atoms with Gasteiger partial charge in [-0.2, -0.15) is 0 Å². The van der Waals surface area contributed by atoms with Crippen LogP contribution in [0.15, 0.2) is 67.4 Å². The first-order chi connectivity index (χ1) is 15.5. The Morgan fingerprint density at radius 2 is 1.94 bits per heavy atom. The number of fused-ring (bicyclic) bond motifs is 1. The van der Waals surface area contributed by atoms with Gasteiger partial charge in [0.1, 0.15) is 11.5 Å². The Labute approximate surface area is 186 Å². The number of rotatable bonds is 7. The van der Waals surface area contributed by atoms with Crippen molar-refractivity contribution >= 4 is 28.4 Å². The van der Waals surface area contributed by atoms with Crippen LogP contribution in [0.2, 0.25) is 0 Å². The van der Waals surface area contributed by atoms with Crippen molar-refractivity contribution in [1.82, 2.24) is 24.8 Å². The fraction of sp³-hybridized carbons (Fsp3) is 0.167. The molecule has 8 heteroatoms. The number of carbonyl (C=O) groups excluding carboxylic acids is 1. The predicted octanol–water partition coefficient (Wildman–Crippen LogP) is 3.78. The Morgan fingerprint density at radius 1 is 1.09 bits per heavy atom. The van der Waals surface area contributed by atoms with Crippen LogP contribution in [-0.4, -0.2) is 58.4 Å². The van der Waals surface area contributed by atoms with Crippen LogP contribution in [0.1, 0.15) is 0 Å². The molecule has 32 heavy (non-hydrogen) atoms. The second-order valence-corrected chi connectivity index (χ2v) is 7.62. The second-order valence-electron chi connectivity index (χ2n) is 7.62. The highest BCUT2D eigenvalue weighted by Crippen LogP contribution is 2.32.